The van der Waals surface area contributed by atoms with Crippen molar-refractivity contribution < 1.29 is 18.0 Å². The molecule has 0 bridgehead atoms. The molecule has 3 nitrogen and oxygen atoms in total. The standard InChI is InChI=1S/C12H9F3N2O/c1-2-8(7-16)11(18)17-10-5-3-9(4-6-10)12(13,14)15/h2-6H,1H3,(H,17,18)/b8-2-. The number of hydrogen-bond acceptors (Lipinski definition) is 2. The number of benzene rings is 1. The van der Waals surface area contributed by atoms with Crippen LogP contribution in [0, 0.1) is 11.3 Å². The van der Waals surface area contributed by atoms with Crippen molar-refractivity contribution in [3.05, 3.63) is 41.5 Å². The Morgan fingerprint density at radius 2 is 1.89 bits per heavy atom. The zero-order valence-corrected chi connectivity index (χ0v) is 9.38. The predicted octanol–water partition coefficient (Wildman–Crippen LogP) is 3.11. The molecule has 18 heavy (non-hydrogen) atoms. The van der Waals surface area contributed by atoms with Crippen molar-refractivity contribution in [3.63, 3.8) is 0 Å². The third-order valence-corrected chi connectivity index (χ3v) is 2.12. The van der Waals surface area contributed by atoms with Crippen LogP contribution in [-0.2, 0) is 11.0 Å². The van der Waals surface area contributed by atoms with Crippen molar-refractivity contribution in [3.8, 4) is 6.07 Å². The van der Waals surface area contributed by atoms with E-state index in [1.807, 2.05) is 0 Å². The van der Waals surface area contributed by atoms with Gasteiger partial charge in [-0.25, -0.2) is 0 Å². The Balaban J connectivity index is 2.83. The monoisotopic (exact) mass is 254 g/mol. The first-order valence-corrected chi connectivity index (χ1v) is 4.93. The maximum absolute atomic E-state index is 12.3. The molecule has 6 heteroatoms. The van der Waals surface area contributed by atoms with E-state index in [0.29, 0.717) is 0 Å². The predicted molar refractivity (Wildman–Crippen MR) is 59.4 cm³/mol. The second-order valence-electron chi connectivity index (χ2n) is 3.34. The number of amides is 1. The summed E-state index contributed by atoms with van der Waals surface area (Å²) >= 11 is 0. The van der Waals surface area contributed by atoms with Gasteiger partial charge in [-0.1, -0.05) is 6.08 Å². The van der Waals surface area contributed by atoms with Crippen molar-refractivity contribution in [1.29, 1.82) is 5.26 Å². The van der Waals surface area contributed by atoms with Crippen LogP contribution in [-0.4, -0.2) is 5.91 Å². The average molecular weight is 254 g/mol. The summed E-state index contributed by atoms with van der Waals surface area (Å²) in [5, 5.41) is 10.9. The molecular weight excluding hydrogens is 245 g/mol. The molecule has 0 aliphatic carbocycles. The van der Waals surface area contributed by atoms with Gasteiger partial charge in [0.2, 0.25) is 0 Å². The molecule has 0 unspecified atom stereocenters. The minimum atomic E-state index is -4.41. The van der Waals surface area contributed by atoms with Crippen LogP contribution in [0.2, 0.25) is 0 Å². The topological polar surface area (TPSA) is 52.9 Å². The van der Waals surface area contributed by atoms with Gasteiger partial charge in [0, 0.05) is 5.69 Å². The van der Waals surface area contributed by atoms with Gasteiger partial charge in [-0.15, -0.1) is 0 Å². The highest BCUT2D eigenvalue weighted by Crippen LogP contribution is 2.29. The molecule has 0 aliphatic heterocycles. The van der Waals surface area contributed by atoms with Crippen LogP contribution in [0.25, 0.3) is 0 Å². The van der Waals surface area contributed by atoms with E-state index >= 15 is 0 Å². The van der Waals surface area contributed by atoms with E-state index < -0.39 is 17.6 Å². The molecule has 0 radical (unpaired) electrons. The molecule has 0 saturated carbocycles. The van der Waals surface area contributed by atoms with Crippen LogP contribution in [0.1, 0.15) is 12.5 Å². The summed E-state index contributed by atoms with van der Waals surface area (Å²) in [5.41, 5.74) is -0.704. The summed E-state index contributed by atoms with van der Waals surface area (Å²) in [7, 11) is 0. The van der Waals surface area contributed by atoms with Crippen LogP contribution >= 0.6 is 0 Å². The summed E-state index contributed by atoms with van der Waals surface area (Å²) < 4.78 is 36.8. The van der Waals surface area contributed by atoms with E-state index in [4.69, 9.17) is 5.26 Å². The van der Waals surface area contributed by atoms with Gasteiger partial charge in [0.05, 0.1) is 5.56 Å². The van der Waals surface area contributed by atoms with Crippen molar-refractivity contribution >= 4 is 11.6 Å². The summed E-state index contributed by atoms with van der Waals surface area (Å²) in [6, 6.07) is 5.65. The number of nitrogens with one attached hydrogen (secondary N) is 1. The molecule has 1 N–H and O–H groups in total. The lowest BCUT2D eigenvalue weighted by atomic mass is 10.2. The maximum Gasteiger partial charge on any atom is 0.416 e. The van der Waals surface area contributed by atoms with Crippen LogP contribution in [0.15, 0.2) is 35.9 Å². The molecule has 1 aromatic rings. The van der Waals surface area contributed by atoms with E-state index in [2.05, 4.69) is 5.32 Å². The molecule has 0 fully saturated rings. The normalized spacial score (nSPS) is 11.8. The number of halogens is 3. The van der Waals surface area contributed by atoms with Gasteiger partial charge in [-0.3, -0.25) is 4.79 Å². The van der Waals surface area contributed by atoms with Crippen LogP contribution in [0.5, 0.6) is 0 Å². The number of carbonyl (C=O) groups excluding carboxylic acids is 1. The Kier molecular flexibility index (Phi) is 4.10. The summed E-state index contributed by atoms with van der Waals surface area (Å²) in [5.74, 6) is -0.653. The van der Waals surface area contributed by atoms with Gasteiger partial charge in [-0.05, 0) is 31.2 Å². The fraction of sp³-hybridized carbons (Fsp3) is 0.167. The maximum atomic E-state index is 12.3. The lowest BCUT2D eigenvalue weighted by Crippen LogP contribution is -2.13. The van der Waals surface area contributed by atoms with Crippen molar-refractivity contribution in [2.45, 2.75) is 13.1 Å². The highest BCUT2D eigenvalue weighted by atomic mass is 19.4. The van der Waals surface area contributed by atoms with Gasteiger partial charge in [-0.2, -0.15) is 18.4 Å². The summed E-state index contributed by atoms with van der Waals surface area (Å²) in [4.78, 5) is 11.4. The van der Waals surface area contributed by atoms with Crippen molar-refractivity contribution in [1.82, 2.24) is 0 Å². The third kappa shape index (κ3) is 3.35. The molecule has 0 aromatic heterocycles. The van der Waals surface area contributed by atoms with Crippen LogP contribution < -0.4 is 5.32 Å². The molecule has 0 aliphatic rings. The molecule has 0 heterocycles. The van der Waals surface area contributed by atoms with E-state index in [0.717, 1.165) is 24.3 Å². The number of anilines is 1. The smallest absolute Gasteiger partial charge is 0.321 e. The molecular formula is C12H9F3N2O. The molecule has 1 rings (SSSR count). The summed E-state index contributed by atoms with van der Waals surface area (Å²) in [6.45, 7) is 1.52. The fourth-order valence-electron chi connectivity index (χ4n) is 1.19. The van der Waals surface area contributed by atoms with E-state index in [-0.39, 0.29) is 11.3 Å². The molecule has 94 valence electrons. The first-order valence-electron chi connectivity index (χ1n) is 4.93. The number of alkyl halides is 3. The van der Waals surface area contributed by atoms with Crippen LogP contribution in [0.4, 0.5) is 18.9 Å². The van der Waals surface area contributed by atoms with Gasteiger partial charge in [0.25, 0.3) is 5.91 Å². The highest BCUT2D eigenvalue weighted by molar-refractivity contribution is 6.06. The molecule has 0 spiro atoms. The minimum absolute atomic E-state index is 0.102. The van der Waals surface area contributed by atoms with Crippen molar-refractivity contribution in [2.75, 3.05) is 5.32 Å². The Labute approximate surface area is 102 Å². The third-order valence-electron chi connectivity index (χ3n) is 2.12. The fourth-order valence-corrected chi connectivity index (χ4v) is 1.19. The quantitative estimate of drug-likeness (QED) is 0.651. The minimum Gasteiger partial charge on any atom is -0.321 e. The zero-order valence-electron chi connectivity index (χ0n) is 9.38. The number of allylic oxidation sites excluding steroid dienone is 1. The number of nitriles is 1. The largest absolute Gasteiger partial charge is 0.416 e. The first-order chi connectivity index (χ1) is 8.38. The second-order valence-corrected chi connectivity index (χ2v) is 3.34. The lowest BCUT2D eigenvalue weighted by molar-refractivity contribution is -0.137. The zero-order chi connectivity index (χ0) is 13.8. The Hall–Kier alpha value is -2.29. The number of carbonyl (C=O) groups is 1. The number of hydrogen-bond donors (Lipinski definition) is 1. The lowest BCUT2D eigenvalue weighted by Gasteiger charge is -2.08. The molecule has 1 amide bonds. The van der Waals surface area contributed by atoms with Gasteiger partial charge in [0.15, 0.2) is 0 Å². The highest BCUT2D eigenvalue weighted by Gasteiger charge is 2.29. The van der Waals surface area contributed by atoms with E-state index in [1.165, 1.54) is 13.0 Å². The van der Waals surface area contributed by atoms with Gasteiger partial charge < -0.3 is 5.32 Å². The SMILES string of the molecule is C/C=C(/C#N)C(=O)Nc1ccc(C(F)(F)F)cc1. The Bertz CT molecular complexity index is 510. The molecule has 0 atom stereocenters. The van der Waals surface area contributed by atoms with Crippen LogP contribution in [0.3, 0.4) is 0 Å². The average Bonchev–Trinajstić information content (AvgIpc) is 2.30. The molecule has 0 saturated heterocycles. The first kappa shape index (κ1) is 13.8. The van der Waals surface area contributed by atoms with E-state index in [9.17, 15) is 18.0 Å². The van der Waals surface area contributed by atoms with Gasteiger partial charge >= 0.3 is 6.18 Å². The Morgan fingerprint density at radius 3 is 2.28 bits per heavy atom. The van der Waals surface area contributed by atoms with Gasteiger partial charge in [0.1, 0.15) is 11.6 Å². The number of rotatable bonds is 2. The number of nitrogens with zero attached hydrogens (tertiary/aromatic N) is 1. The molecule has 1 aromatic carbocycles. The second kappa shape index (κ2) is 5.36. The Morgan fingerprint density at radius 1 is 1.33 bits per heavy atom. The summed E-state index contributed by atoms with van der Waals surface area (Å²) in [6.07, 6.45) is -3.09. The van der Waals surface area contributed by atoms with E-state index in [1.54, 1.807) is 6.07 Å². The van der Waals surface area contributed by atoms with Crippen molar-refractivity contribution in [2.24, 2.45) is 0 Å².